The number of rotatable bonds is 8. The van der Waals surface area contributed by atoms with Crippen LogP contribution in [0.5, 0.6) is 5.75 Å². The molecule has 2 aromatic rings. The van der Waals surface area contributed by atoms with E-state index in [1.807, 2.05) is 21.0 Å². The number of hydrogen-bond acceptors (Lipinski definition) is 4. The van der Waals surface area contributed by atoms with Crippen LogP contribution in [0.3, 0.4) is 0 Å². The quantitative estimate of drug-likeness (QED) is 0.686. The highest BCUT2D eigenvalue weighted by atomic mass is 32.2. The molecule has 0 amide bonds. The number of quaternary nitrogens is 1. The number of ether oxygens (including phenoxy) is 1. The molecular formula is C22H32N3O3S+. The predicted octanol–water partition coefficient (Wildman–Crippen LogP) is 1.77. The molecule has 0 radical (unpaired) electrons. The normalized spacial score (nSPS) is 16.0. The van der Waals surface area contributed by atoms with Crippen LogP contribution in [0.4, 0.5) is 5.69 Å². The monoisotopic (exact) mass is 418 g/mol. The molecule has 0 aliphatic carbocycles. The molecule has 1 aliphatic rings. The van der Waals surface area contributed by atoms with Crippen molar-refractivity contribution in [3.05, 3.63) is 53.6 Å². The van der Waals surface area contributed by atoms with Gasteiger partial charge in [0.25, 0.3) is 0 Å². The van der Waals surface area contributed by atoms with Gasteiger partial charge in [-0.1, -0.05) is 12.1 Å². The number of aryl methyl sites for hydroxylation is 1. The first-order valence-corrected chi connectivity index (χ1v) is 11.6. The van der Waals surface area contributed by atoms with E-state index in [2.05, 4.69) is 33.9 Å². The van der Waals surface area contributed by atoms with E-state index in [0.29, 0.717) is 12.3 Å². The number of sulfonamides is 1. The summed E-state index contributed by atoms with van der Waals surface area (Å²) in [6, 6.07) is 13.5. The number of hydrogen-bond donors (Lipinski definition) is 2. The van der Waals surface area contributed by atoms with E-state index in [1.54, 1.807) is 25.3 Å². The van der Waals surface area contributed by atoms with Gasteiger partial charge in [-0.05, 0) is 42.8 Å². The number of nitrogens with zero attached hydrogens (tertiary/aromatic N) is 1. The van der Waals surface area contributed by atoms with E-state index in [4.69, 9.17) is 4.74 Å². The summed E-state index contributed by atoms with van der Waals surface area (Å²) < 4.78 is 33.9. The van der Waals surface area contributed by atoms with Crippen LogP contribution in [-0.2, 0) is 10.0 Å². The van der Waals surface area contributed by atoms with Gasteiger partial charge >= 0.3 is 0 Å². The molecule has 0 spiro atoms. The maximum Gasteiger partial charge on any atom is 0.240 e. The lowest BCUT2D eigenvalue weighted by Gasteiger charge is -2.26. The molecule has 1 aliphatic heterocycles. The molecule has 6 nitrogen and oxygen atoms in total. The zero-order chi connectivity index (χ0) is 21.0. The lowest BCUT2D eigenvalue weighted by atomic mass is 10.1. The number of anilines is 1. The molecule has 29 heavy (non-hydrogen) atoms. The Morgan fingerprint density at radius 1 is 1.10 bits per heavy atom. The summed E-state index contributed by atoms with van der Waals surface area (Å²) in [4.78, 5) is 3.78. The van der Waals surface area contributed by atoms with Crippen molar-refractivity contribution in [2.45, 2.75) is 30.7 Å². The summed E-state index contributed by atoms with van der Waals surface area (Å²) in [6.07, 6.45) is 2.37. The van der Waals surface area contributed by atoms with Crippen LogP contribution in [0.1, 0.15) is 30.0 Å². The summed E-state index contributed by atoms with van der Waals surface area (Å²) in [5.74, 6) is 0.685. The Morgan fingerprint density at radius 3 is 2.31 bits per heavy atom. The molecule has 1 fully saturated rings. The van der Waals surface area contributed by atoms with Gasteiger partial charge < -0.3 is 14.5 Å². The van der Waals surface area contributed by atoms with Crippen LogP contribution < -0.4 is 19.3 Å². The number of methoxy groups -OCH3 is 1. The molecule has 0 saturated carbocycles. The highest BCUT2D eigenvalue weighted by molar-refractivity contribution is 7.89. The Morgan fingerprint density at radius 2 is 1.76 bits per heavy atom. The van der Waals surface area contributed by atoms with Crippen molar-refractivity contribution in [2.24, 2.45) is 0 Å². The first-order valence-electron chi connectivity index (χ1n) is 10.1. The molecule has 1 heterocycles. The smallest absolute Gasteiger partial charge is 0.240 e. The zero-order valence-corrected chi connectivity index (χ0v) is 18.6. The minimum Gasteiger partial charge on any atom is -0.496 e. The van der Waals surface area contributed by atoms with E-state index in [9.17, 15) is 8.42 Å². The van der Waals surface area contributed by atoms with E-state index in [-0.39, 0.29) is 10.9 Å². The minimum absolute atomic E-state index is 0.0998. The maximum absolute atomic E-state index is 12.9. The molecule has 1 saturated heterocycles. The van der Waals surface area contributed by atoms with Gasteiger partial charge in [0.15, 0.2) is 0 Å². The Hall–Kier alpha value is -2.09. The summed E-state index contributed by atoms with van der Waals surface area (Å²) in [6.45, 7) is 4.37. The Balaban J connectivity index is 1.80. The second-order valence-corrected chi connectivity index (χ2v) is 9.65. The van der Waals surface area contributed by atoms with Gasteiger partial charge in [-0.25, -0.2) is 13.1 Å². The van der Waals surface area contributed by atoms with Crippen molar-refractivity contribution in [1.82, 2.24) is 4.72 Å². The number of nitrogens with one attached hydrogen (secondary N) is 2. The van der Waals surface area contributed by atoms with Crippen molar-refractivity contribution in [1.29, 1.82) is 0 Å². The lowest BCUT2D eigenvalue weighted by molar-refractivity contribution is -0.918. The molecule has 158 valence electrons. The molecule has 7 heteroatoms. The van der Waals surface area contributed by atoms with Crippen molar-refractivity contribution < 1.29 is 18.1 Å². The van der Waals surface area contributed by atoms with Crippen molar-refractivity contribution in [3.8, 4) is 5.75 Å². The predicted molar refractivity (Wildman–Crippen MR) is 116 cm³/mol. The van der Waals surface area contributed by atoms with Crippen LogP contribution in [0.2, 0.25) is 0 Å². The molecule has 1 atom stereocenters. The van der Waals surface area contributed by atoms with Crippen molar-refractivity contribution in [2.75, 3.05) is 45.7 Å². The largest absolute Gasteiger partial charge is 0.496 e. The van der Waals surface area contributed by atoms with Crippen LogP contribution in [-0.4, -0.2) is 49.3 Å². The molecule has 3 rings (SSSR count). The van der Waals surface area contributed by atoms with Gasteiger partial charge in [-0.15, -0.1) is 0 Å². The fourth-order valence-corrected chi connectivity index (χ4v) is 5.11. The highest BCUT2D eigenvalue weighted by Gasteiger charge is 2.29. The van der Waals surface area contributed by atoms with E-state index in [1.165, 1.54) is 23.3 Å². The third-order valence-corrected chi connectivity index (χ3v) is 7.13. The molecule has 0 unspecified atom stereocenters. The van der Waals surface area contributed by atoms with Gasteiger partial charge in [0, 0.05) is 38.2 Å². The van der Waals surface area contributed by atoms with Gasteiger partial charge in [0.05, 0.1) is 31.6 Å². The molecule has 0 aromatic heterocycles. The van der Waals surface area contributed by atoms with E-state index < -0.39 is 10.0 Å². The fourth-order valence-electron chi connectivity index (χ4n) is 3.97. The van der Waals surface area contributed by atoms with Gasteiger partial charge in [-0.3, -0.25) is 0 Å². The highest BCUT2D eigenvalue weighted by Crippen LogP contribution is 2.22. The molecule has 0 bridgehead atoms. The number of benzene rings is 2. The summed E-state index contributed by atoms with van der Waals surface area (Å²) in [7, 11) is 2.03. The third-order valence-electron chi connectivity index (χ3n) is 5.70. The Labute approximate surface area is 174 Å². The second-order valence-electron chi connectivity index (χ2n) is 7.89. The zero-order valence-electron chi connectivity index (χ0n) is 17.7. The first-order chi connectivity index (χ1) is 13.8. The number of likely N-dealkylation sites (tertiary alicyclic amines) is 1. The summed E-state index contributed by atoms with van der Waals surface area (Å²) in [5.41, 5.74) is 3.11. The van der Waals surface area contributed by atoms with Crippen LogP contribution in [0.25, 0.3) is 0 Å². The van der Waals surface area contributed by atoms with E-state index >= 15 is 0 Å². The maximum atomic E-state index is 12.9. The van der Waals surface area contributed by atoms with Gasteiger partial charge in [0.1, 0.15) is 11.8 Å². The topological polar surface area (TPSA) is 63.1 Å². The standard InChI is InChI=1S/C22H31N3O3S/c1-17-15-20(11-12-22(17)28-4)29(26,27)23-16-21(25-13-5-6-14-25)18-7-9-19(10-8-18)24(2)3/h7-12,15,21,23H,5-6,13-14,16H2,1-4H3/p+1/t21-/m0/s1. The average molecular weight is 419 g/mol. The minimum atomic E-state index is -3.59. The van der Waals surface area contributed by atoms with Crippen LogP contribution in [0, 0.1) is 6.92 Å². The Kier molecular flexibility index (Phi) is 6.82. The molecular weight excluding hydrogens is 386 g/mol. The van der Waals surface area contributed by atoms with Crippen LogP contribution >= 0.6 is 0 Å². The first kappa shape index (κ1) is 21.6. The third kappa shape index (κ3) is 5.10. The molecule has 2 aromatic carbocycles. The van der Waals surface area contributed by atoms with Gasteiger partial charge in [0.2, 0.25) is 10.0 Å². The average Bonchev–Trinajstić information content (AvgIpc) is 3.23. The fraction of sp³-hybridized carbons (Fsp3) is 0.455. The van der Waals surface area contributed by atoms with E-state index in [0.717, 1.165) is 24.3 Å². The second kappa shape index (κ2) is 9.15. The van der Waals surface area contributed by atoms with Crippen molar-refractivity contribution >= 4 is 15.7 Å². The van der Waals surface area contributed by atoms with Crippen molar-refractivity contribution in [3.63, 3.8) is 0 Å². The molecule has 2 N–H and O–H groups in total. The summed E-state index contributed by atoms with van der Waals surface area (Å²) in [5, 5.41) is 0. The summed E-state index contributed by atoms with van der Waals surface area (Å²) >= 11 is 0. The lowest BCUT2D eigenvalue weighted by Crippen LogP contribution is -3.11. The van der Waals surface area contributed by atoms with Gasteiger partial charge in [-0.2, -0.15) is 0 Å². The SMILES string of the molecule is COc1ccc(S(=O)(=O)NC[C@@H](c2ccc(N(C)C)cc2)[NH+]2CCCC2)cc1C. The van der Waals surface area contributed by atoms with Crippen LogP contribution in [0.15, 0.2) is 47.4 Å². The Bertz CT molecular complexity index is 921.